The first-order valence-electron chi connectivity index (χ1n) is 7.39. The molecule has 0 bridgehead atoms. The summed E-state index contributed by atoms with van der Waals surface area (Å²) < 4.78 is 5.27. The molecule has 0 radical (unpaired) electrons. The van der Waals surface area contributed by atoms with Crippen molar-refractivity contribution < 1.29 is 4.74 Å². The lowest BCUT2D eigenvalue weighted by Crippen LogP contribution is -2.14. The van der Waals surface area contributed by atoms with E-state index in [9.17, 15) is 0 Å². The second kappa shape index (κ2) is 7.23. The Morgan fingerprint density at radius 1 is 1.10 bits per heavy atom. The molecule has 0 aliphatic rings. The molecule has 1 aromatic heterocycles. The molecule has 1 aromatic carbocycles. The average Bonchev–Trinajstić information content (AvgIpc) is 2.47. The van der Waals surface area contributed by atoms with E-state index < -0.39 is 0 Å². The Hall–Kier alpha value is -1.87. The summed E-state index contributed by atoms with van der Waals surface area (Å²) in [4.78, 5) is 4.51. The van der Waals surface area contributed by atoms with E-state index in [1.165, 1.54) is 11.1 Å². The summed E-state index contributed by atoms with van der Waals surface area (Å²) >= 11 is 0. The lowest BCUT2D eigenvalue weighted by atomic mass is 10.0. The van der Waals surface area contributed by atoms with Crippen molar-refractivity contribution in [2.45, 2.75) is 39.8 Å². The summed E-state index contributed by atoms with van der Waals surface area (Å²) in [7, 11) is 1.68. The number of hydrogen-bond donors (Lipinski definition) is 1. The van der Waals surface area contributed by atoms with Gasteiger partial charge in [-0.3, -0.25) is 4.98 Å². The number of aryl methyl sites for hydroxylation is 1. The fourth-order valence-electron chi connectivity index (χ4n) is 2.27. The second-order valence-electron chi connectivity index (χ2n) is 5.64. The zero-order valence-corrected chi connectivity index (χ0v) is 13.3. The highest BCUT2D eigenvalue weighted by molar-refractivity contribution is 5.27. The van der Waals surface area contributed by atoms with Gasteiger partial charge in [0.15, 0.2) is 0 Å². The Bertz CT molecular complexity index is 576. The molecule has 0 spiro atoms. The molecular weight excluding hydrogens is 260 g/mol. The summed E-state index contributed by atoms with van der Waals surface area (Å²) in [6, 6.07) is 12.7. The van der Waals surface area contributed by atoms with Gasteiger partial charge in [0.05, 0.1) is 12.8 Å². The van der Waals surface area contributed by atoms with Crippen molar-refractivity contribution >= 4 is 0 Å². The molecule has 1 N–H and O–H groups in total. The van der Waals surface area contributed by atoms with Crippen LogP contribution >= 0.6 is 0 Å². The minimum atomic E-state index is 0.580. The number of pyridine rings is 1. The third kappa shape index (κ3) is 4.57. The molecular formula is C18H24N2O. The zero-order chi connectivity index (χ0) is 15.2. The van der Waals surface area contributed by atoms with Crippen LogP contribution in [0.5, 0.6) is 5.75 Å². The number of ether oxygens (including phenoxy) is 1. The van der Waals surface area contributed by atoms with E-state index in [1.807, 2.05) is 19.1 Å². The molecule has 3 heteroatoms. The van der Waals surface area contributed by atoms with Gasteiger partial charge in [-0.15, -0.1) is 0 Å². The van der Waals surface area contributed by atoms with Gasteiger partial charge < -0.3 is 10.1 Å². The monoisotopic (exact) mass is 284 g/mol. The minimum Gasteiger partial charge on any atom is -0.497 e. The van der Waals surface area contributed by atoms with Crippen molar-refractivity contribution in [3.05, 3.63) is 58.9 Å². The molecule has 0 aliphatic carbocycles. The fourth-order valence-corrected chi connectivity index (χ4v) is 2.27. The first-order valence-corrected chi connectivity index (χ1v) is 7.39. The molecule has 3 nitrogen and oxygen atoms in total. The summed E-state index contributed by atoms with van der Waals surface area (Å²) in [6.45, 7) is 7.99. The molecule has 21 heavy (non-hydrogen) atoms. The van der Waals surface area contributed by atoms with Gasteiger partial charge in [-0.25, -0.2) is 0 Å². The number of benzene rings is 1. The van der Waals surface area contributed by atoms with Crippen LogP contribution in [0.1, 0.15) is 42.3 Å². The standard InChI is InChI=1S/C18H24N2O/c1-13(2)16-7-5-15(6-8-16)11-19-12-17-10-18(21-4)9-14(3)20-17/h5-10,13,19H,11-12H2,1-4H3. The minimum absolute atomic E-state index is 0.580. The highest BCUT2D eigenvalue weighted by atomic mass is 16.5. The molecule has 0 saturated carbocycles. The Balaban J connectivity index is 1.90. The number of aromatic nitrogens is 1. The van der Waals surface area contributed by atoms with Crippen LogP contribution in [-0.2, 0) is 13.1 Å². The maximum atomic E-state index is 5.27. The first-order chi connectivity index (χ1) is 10.1. The Labute approximate surface area is 127 Å². The molecule has 0 aliphatic heterocycles. The van der Waals surface area contributed by atoms with Crippen molar-refractivity contribution in [2.75, 3.05) is 7.11 Å². The topological polar surface area (TPSA) is 34.1 Å². The SMILES string of the molecule is COc1cc(C)nc(CNCc2ccc(C(C)C)cc2)c1. The molecule has 2 rings (SSSR count). The van der Waals surface area contributed by atoms with Crippen LogP contribution in [0.3, 0.4) is 0 Å². The number of rotatable bonds is 6. The predicted octanol–water partition coefficient (Wildman–Crippen LogP) is 3.81. The van der Waals surface area contributed by atoms with Crippen molar-refractivity contribution in [1.82, 2.24) is 10.3 Å². The molecule has 0 unspecified atom stereocenters. The van der Waals surface area contributed by atoms with Crippen LogP contribution in [0, 0.1) is 6.92 Å². The second-order valence-corrected chi connectivity index (χ2v) is 5.64. The summed E-state index contributed by atoms with van der Waals surface area (Å²) in [5, 5.41) is 3.43. The fraction of sp³-hybridized carbons (Fsp3) is 0.389. The Morgan fingerprint density at radius 3 is 2.43 bits per heavy atom. The molecule has 2 aromatic rings. The number of nitrogens with zero attached hydrogens (tertiary/aromatic N) is 1. The van der Waals surface area contributed by atoms with Crippen LogP contribution in [0.15, 0.2) is 36.4 Å². The molecule has 0 fully saturated rings. The van der Waals surface area contributed by atoms with Crippen LogP contribution in [0.25, 0.3) is 0 Å². The van der Waals surface area contributed by atoms with Gasteiger partial charge in [-0.05, 0) is 24.0 Å². The highest BCUT2D eigenvalue weighted by Gasteiger charge is 2.02. The molecule has 1 heterocycles. The normalized spacial score (nSPS) is 10.9. The Kier molecular flexibility index (Phi) is 5.34. The average molecular weight is 284 g/mol. The van der Waals surface area contributed by atoms with Crippen molar-refractivity contribution in [2.24, 2.45) is 0 Å². The lowest BCUT2D eigenvalue weighted by Gasteiger charge is -2.09. The highest BCUT2D eigenvalue weighted by Crippen LogP contribution is 2.15. The molecule has 0 saturated heterocycles. The third-order valence-corrected chi connectivity index (χ3v) is 3.50. The van der Waals surface area contributed by atoms with Crippen LogP contribution in [0.2, 0.25) is 0 Å². The van der Waals surface area contributed by atoms with Crippen LogP contribution < -0.4 is 10.1 Å². The van der Waals surface area contributed by atoms with Crippen LogP contribution in [0.4, 0.5) is 0 Å². The molecule has 112 valence electrons. The van der Waals surface area contributed by atoms with E-state index in [4.69, 9.17) is 4.74 Å². The van der Waals surface area contributed by atoms with Gasteiger partial charge >= 0.3 is 0 Å². The van der Waals surface area contributed by atoms with Gasteiger partial charge in [0.25, 0.3) is 0 Å². The van der Waals surface area contributed by atoms with Crippen molar-refractivity contribution in [3.63, 3.8) is 0 Å². The third-order valence-electron chi connectivity index (χ3n) is 3.50. The van der Waals surface area contributed by atoms with Gasteiger partial charge in [0.2, 0.25) is 0 Å². The smallest absolute Gasteiger partial charge is 0.122 e. The summed E-state index contributed by atoms with van der Waals surface area (Å²) in [5.41, 5.74) is 4.65. The maximum absolute atomic E-state index is 5.27. The number of nitrogens with one attached hydrogen (secondary N) is 1. The molecule has 0 amide bonds. The van der Waals surface area contributed by atoms with E-state index in [0.29, 0.717) is 5.92 Å². The van der Waals surface area contributed by atoms with Crippen molar-refractivity contribution in [1.29, 1.82) is 0 Å². The zero-order valence-electron chi connectivity index (χ0n) is 13.3. The van der Waals surface area contributed by atoms with E-state index in [1.54, 1.807) is 7.11 Å². The number of methoxy groups -OCH3 is 1. The first kappa shape index (κ1) is 15.5. The number of hydrogen-bond acceptors (Lipinski definition) is 3. The Morgan fingerprint density at radius 2 is 1.81 bits per heavy atom. The van der Waals surface area contributed by atoms with Gasteiger partial charge in [-0.2, -0.15) is 0 Å². The largest absolute Gasteiger partial charge is 0.497 e. The maximum Gasteiger partial charge on any atom is 0.122 e. The summed E-state index contributed by atoms with van der Waals surface area (Å²) in [6.07, 6.45) is 0. The van der Waals surface area contributed by atoms with Gasteiger partial charge in [0.1, 0.15) is 5.75 Å². The van der Waals surface area contributed by atoms with E-state index >= 15 is 0 Å². The lowest BCUT2D eigenvalue weighted by molar-refractivity contribution is 0.412. The van der Waals surface area contributed by atoms with Crippen LogP contribution in [-0.4, -0.2) is 12.1 Å². The van der Waals surface area contributed by atoms with E-state index in [2.05, 4.69) is 48.4 Å². The predicted molar refractivity (Wildman–Crippen MR) is 86.6 cm³/mol. The quantitative estimate of drug-likeness (QED) is 0.876. The van der Waals surface area contributed by atoms with Gasteiger partial charge in [0, 0.05) is 30.9 Å². The summed E-state index contributed by atoms with van der Waals surface area (Å²) in [5.74, 6) is 1.44. The molecule has 0 atom stereocenters. The van der Waals surface area contributed by atoms with Gasteiger partial charge in [-0.1, -0.05) is 38.1 Å². The van der Waals surface area contributed by atoms with Crippen molar-refractivity contribution in [3.8, 4) is 5.75 Å². The van der Waals surface area contributed by atoms with E-state index in [-0.39, 0.29) is 0 Å². The van der Waals surface area contributed by atoms with E-state index in [0.717, 1.165) is 30.2 Å².